The molecule has 35 heavy (non-hydrogen) atoms. The van der Waals surface area contributed by atoms with Crippen LogP contribution in [-0.4, -0.2) is 24.0 Å². The van der Waals surface area contributed by atoms with Crippen molar-refractivity contribution in [1.29, 1.82) is 0 Å². The maximum absolute atomic E-state index is 12.7. The van der Waals surface area contributed by atoms with Gasteiger partial charge in [0.25, 0.3) is 0 Å². The largest absolute Gasteiger partial charge is 0.449 e. The first-order valence-electron chi connectivity index (χ1n) is 11.4. The molecule has 0 saturated carbocycles. The van der Waals surface area contributed by atoms with E-state index in [1.807, 2.05) is 49.4 Å². The fourth-order valence-electron chi connectivity index (χ4n) is 4.49. The van der Waals surface area contributed by atoms with Gasteiger partial charge in [0.05, 0.1) is 0 Å². The number of aromatic nitrogens is 1. The predicted molar refractivity (Wildman–Crippen MR) is 137 cm³/mol. The Hall–Kier alpha value is -3.90. The monoisotopic (exact) mass is 480 g/mol. The number of amides is 1. The number of nitrogens with one attached hydrogen (secondary N) is 1. The Kier molecular flexibility index (Phi) is 6.64. The summed E-state index contributed by atoms with van der Waals surface area (Å²) < 4.78 is 5.67. The second kappa shape index (κ2) is 10.2. The van der Waals surface area contributed by atoms with Crippen molar-refractivity contribution in [1.82, 2.24) is 10.3 Å². The quantitative estimate of drug-likeness (QED) is 0.310. The molecule has 5 nitrogen and oxygen atoms in total. The zero-order valence-electron chi connectivity index (χ0n) is 19.2. The number of ether oxygens (including phenoxy) is 1. The van der Waals surface area contributed by atoms with Crippen molar-refractivity contribution in [3.05, 3.63) is 113 Å². The van der Waals surface area contributed by atoms with Gasteiger partial charge in [0.1, 0.15) is 11.6 Å². The van der Waals surface area contributed by atoms with E-state index in [4.69, 9.17) is 4.74 Å². The summed E-state index contributed by atoms with van der Waals surface area (Å²) in [5, 5.41) is 3.53. The Labute approximate surface area is 208 Å². The Morgan fingerprint density at radius 2 is 1.69 bits per heavy atom. The number of carbonyl (C=O) groups excluding carboxylic acids is 2. The molecule has 1 heterocycles. The third-order valence-electron chi connectivity index (χ3n) is 6.19. The van der Waals surface area contributed by atoms with E-state index in [0.29, 0.717) is 17.1 Å². The molecule has 0 radical (unpaired) electrons. The van der Waals surface area contributed by atoms with Crippen LogP contribution in [0, 0.1) is 6.92 Å². The summed E-state index contributed by atoms with van der Waals surface area (Å²) in [5.41, 5.74) is 7.28. The Morgan fingerprint density at radius 3 is 2.40 bits per heavy atom. The lowest BCUT2D eigenvalue weighted by molar-refractivity contribution is 0.112. The van der Waals surface area contributed by atoms with Gasteiger partial charge in [-0.25, -0.2) is 9.78 Å². The molecule has 0 fully saturated rings. The Morgan fingerprint density at radius 1 is 0.971 bits per heavy atom. The van der Waals surface area contributed by atoms with Gasteiger partial charge in [-0.2, -0.15) is 0 Å². The second-order valence-corrected chi connectivity index (χ2v) is 9.36. The summed E-state index contributed by atoms with van der Waals surface area (Å²) in [6.07, 6.45) is 2.01. The van der Waals surface area contributed by atoms with Gasteiger partial charge in [-0.1, -0.05) is 78.5 Å². The molecule has 1 N–H and O–H groups in total. The van der Waals surface area contributed by atoms with E-state index in [1.165, 1.54) is 34.0 Å². The molecule has 1 aliphatic rings. The first-order chi connectivity index (χ1) is 17.2. The highest BCUT2D eigenvalue weighted by molar-refractivity contribution is 7.99. The van der Waals surface area contributed by atoms with E-state index in [9.17, 15) is 9.59 Å². The first kappa shape index (κ1) is 22.9. The molecule has 174 valence electrons. The summed E-state index contributed by atoms with van der Waals surface area (Å²) in [5.74, 6) is 0.0177. The lowest BCUT2D eigenvalue weighted by atomic mass is 9.98. The van der Waals surface area contributed by atoms with Crippen molar-refractivity contribution in [3.8, 4) is 11.1 Å². The molecular formula is C29H24N2O3S. The standard InChI is InChI=1S/C29H24N2O3S/c1-19-8-6-9-20(27(19)35-28-21(17-32)10-7-15-30-28)16-31-29(33)34-18-26-24-13-4-2-11-22(24)23-12-3-5-14-25(23)26/h2-15,17,26H,16,18H2,1H3,(H,31,33). The normalized spacial score (nSPS) is 12.0. The average Bonchev–Trinajstić information content (AvgIpc) is 3.21. The van der Waals surface area contributed by atoms with E-state index >= 15 is 0 Å². The van der Waals surface area contributed by atoms with E-state index in [-0.39, 0.29) is 12.5 Å². The number of aryl methyl sites for hydroxylation is 1. The minimum absolute atomic E-state index is 0.0177. The summed E-state index contributed by atoms with van der Waals surface area (Å²) in [7, 11) is 0. The van der Waals surface area contributed by atoms with Crippen LogP contribution in [0.15, 0.2) is 95.0 Å². The van der Waals surface area contributed by atoms with Crippen LogP contribution in [0.25, 0.3) is 11.1 Å². The fourth-order valence-corrected chi connectivity index (χ4v) is 5.53. The summed E-state index contributed by atoms with van der Waals surface area (Å²) in [6.45, 7) is 2.58. The highest BCUT2D eigenvalue weighted by atomic mass is 32.2. The molecular weight excluding hydrogens is 456 g/mol. The molecule has 1 aliphatic carbocycles. The number of hydrogen-bond acceptors (Lipinski definition) is 5. The third kappa shape index (κ3) is 4.70. The lowest BCUT2D eigenvalue weighted by Crippen LogP contribution is -2.26. The van der Waals surface area contributed by atoms with E-state index in [1.54, 1.807) is 18.3 Å². The van der Waals surface area contributed by atoms with Gasteiger partial charge in [-0.3, -0.25) is 4.79 Å². The topological polar surface area (TPSA) is 68.3 Å². The van der Waals surface area contributed by atoms with Crippen molar-refractivity contribution in [2.75, 3.05) is 6.61 Å². The van der Waals surface area contributed by atoms with Gasteiger partial charge in [0.2, 0.25) is 0 Å². The number of carbonyl (C=O) groups is 2. The van der Waals surface area contributed by atoms with Gasteiger partial charge >= 0.3 is 6.09 Å². The van der Waals surface area contributed by atoms with Crippen LogP contribution in [0.3, 0.4) is 0 Å². The van der Waals surface area contributed by atoms with Crippen LogP contribution in [0.5, 0.6) is 0 Å². The number of alkyl carbamates (subject to hydrolysis) is 1. The number of rotatable bonds is 7. The second-order valence-electron chi connectivity index (χ2n) is 8.36. The number of fused-ring (bicyclic) bond motifs is 3. The maximum Gasteiger partial charge on any atom is 0.407 e. The Balaban J connectivity index is 1.26. The van der Waals surface area contributed by atoms with Crippen LogP contribution in [0.4, 0.5) is 4.79 Å². The van der Waals surface area contributed by atoms with Crippen molar-refractivity contribution >= 4 is 24.1 Å². The molecule has 0 spiro atoms. The van der Waals surface area contributed by atoms with E-state index < -0.39 is 6.09 Å². The predicted octanol–water partition coefficient (Wildman–Crippen LogP) is 6.39. The lowest BCUT2D eigenvalue weighted by Gasteiger charge is -2.16. The first-order valence-corrected chi connectivity index (χ1v) is 12.2. The average molecular weight is 481 g/mol. The fraction of sp³-hybridized carbons (Fsp3) is 0.138. The highest BCUT2D eigenvalue weighted by Gasteiger charge is 2.29. The van der Waals surface area contributed by atoms with Crippen LogP contribution >= 0.6 is 11.8 Å². The number of aldehydes is 1. The van der Waals surface area contributed by atoms with E-state index in [2.05, 4.69) is 34.6 Å². The van der Waals surface area contributed by atoms with Crippen molar-refractivity contribution < 1.29 is 14.3 Å². The van der Waals surface area contributed by atoms with Gasteiger partial charge in [0.15, 0.2) is 6.29 Å². The summed E-state index contributed by atoms with van der Waals surface area (Å²) in [4.78, 5) is 29.4. The summed E-state index contributed by atoms with van der Waals surface area (Å²) in [6, 6.07) is 25.9. The van der Waals surface area contributed by atoms with Crippen LogP contribution in [0.1, 0.15) is 38.5 Å². The highest BCUT2D eigenvalue weighted by Crippen LogP contribution is 2.44. The smallest absolute Gasteiger partial charge is 0.407 e. The molecule has 0 saturated heterocycles. The van der Waals surface area contributed by atoms with Gasteiger partial charge in [-0.05, 0) is 52.4 Å². The number of pyridine rings is 1. The van der Waals surface area contributed by atoms with E-state index in [0.717, 1.165) is 22.3 Å². The Bertz CT molecular complexity index is 1360. The SMILES string of the molecule is Cc1cccc(CNC(=O)OCC2c3ccccc3-c3ccccc32)c1Sc1ncccc1C=O. The molecule has 0 aliphatic heterocycles. The van der Waals surface area contributed by atoms with Crippen LogP contribution < -0.4 is 5.32 Å². The van der Waals surface area contributed by atoms with Gasteiger partial charge in [0, 0.05) is 29.1 Å². The van der Waals surface area contributed by atoms with Crippen molar-refractivity contribution in [2.24, 2.45) is 0 Å². The molecule has 0 unspecified atom stereocenters. The number of benzene rings is 3. The zero-order chi connectivity index (χ0) is 24.2. The maximum atomic E-state index is 12.7. The van der Waals surface area contributed by atoms with Crippen molar-refractivity contribution in [3.63, 3.8) is 0 Å². The number of nitrogens with zero attached hydrogens (tertiary/aromatic N) is 1. The zero-order valence-corrected chi connectivity index (χ0v) is 20.0. The molecule has 0 bridgehead atoms. The molecule has 5 rings (SSSR count). The molecule has 3 aromatic carbocycles. The van der Waals surface area contributed by atoms with Crippen LogP contribution in [-0.2, 0) is 11.3 Å². The molecule has 1 amide bonds. The molecule has 6 heteroatoms. The minimum atomic E-state index is -0.462. The van der Waals surface area contributed by atoms with Crippen molar-refractivity contribution in [2.45, 2.75) is 29.3 Å². The van der Waals surface area contributed by atoms with Gasteiger partial charge < -0.3 is 10.1 Å². The third-order valence-corrected chi connectivity index (χ3v) is 7.51. The summed E-state index contributed by atoms with van der Waals surface area (Å²) >= 11 is 1.43. The molecule has 4 aromatic rings. The minimum Gasteiger partial charge on any atom is -0.449 e. The van der Waals surface area contributed by atoms with Gasteiger partial charge in [-0.15, -0.1) is 0 Å². The molecule has 0 atom stereocenters. The number of hydrogen-bond donors (Lipinski definition) is 1. The van der Waals surface area contributed by atoms with Crippen LogP contribution in [0.2, 0.25) is 0 Å². The molecule has 1 aromatic heterocycles.